The van der Waals surface area contributed by atoms with E-state index in [1.54, 1.807) is 37.2 Å². The van der Waals surface area contributed by atoms with Crippen molar-refractivity contribution < 1.29 is 14.3 Å². The summed E-state index contributed by atoms with van der Waals surface area (Å²) in [5.41, 5.74) is 4.15. The van der Waals surface area contributed by atoms with E-state index in [9.17, 15) is 14.4 Å². The van der Waals surface area contributed by atoms with E-state index in [0.717, 1.165) is 45.8 Å². The van der Waals surface area contributed by atoms with E-state index >= 15 is 0 Å². The zero-order valence-electron chi connectivity index (χ0n) is 22.4. The van der Waals surface area contributed by atoms with Crippen molar-refractivity contribution in [1.29, 1.82) is 0 Å². The van der Waals surface area contributed by atoms with Gasteiger partial charge in [-0.3, -0.25) is 23.9 Å². The Balaban J connectivity index is 1.42. The summed E-state index contributed by atoms with van der Waals surface area (Å²) in [7, 11) is 3.41. The summed E-state index contributed by atoms with van der Waals surface area (Å²) < 4.78 is 7.83. The number of morpholine rings is 1. The molecule has 1 saturated heterocycles. The predicted octanol–water partition coefficient (Wildman–Crippen LogP) is 4.27. The van der Waals surface area contributed by atoms with Crippen LogP contribution in [-0.4, -0.2) is 73.1 Å². The molecule has 208 valence electrons. The molecule has 40 heavy (non-hydrogen) atoms. The zero-order valence-corrected chi connectivity index (χ0v) is 24.0. The lowest BCUT2D eigenvalue weighted by molar-refractivity contribution is -0.133. The Bertz CT molecular complexity index is 1580. The van der Waals surface area contributed by atoms with Gasteiger partial charge in [0.05, 0.1) is 29.5 Å². The van der Waals surface area contributed by atoms with Gasteiger partial charge in [0.25, 0.3) is 5.91 Å². The van der Waals surface area contributed by atoms with Crippen molar-refractivity contribution in [1.82, 2.24) is 19.7 Å². The van der Waals surface area contributed by atoms with Crippen molar-refractivity contribution in [3.63, 3.8) is 0 Å². The van der Waals surface area contributed by atoms with Crippen LogP contribution in [0.1, 0.15) is 22.0 Å². The van der Waals surface area contributed by atoms with E-state index in [4.69, 9.17) is 16.3 Å². The number of fused-ring (bicyclic) bond motifs is 1. The van der Waals surface area contributed by atoms with Crippen LogP contribution in [-0.2, 0) is 16.1 Å². The van der Waals surface area contributed by atoms with Crippen LogP contribution in [0.2, 0.25) is 5.02 Å². The maximum atomic E-state index is 13.6. The van der Waals surface area contributed by atoms with E-state index in [1.807, 2.05) is 48.5 Å². The minimum atomic E-state index is -0.235. The third-order valence-corrected chi connectivity index (χ3v) is 8.49. The van der Waals surface area contributed by atoms with Gasteiger partial charge in [-0.2, -0.15) is 0 Å². The summed E-state index contributed by atoms with van der Waals surface area (Å²) in [4.78, 5) is 42.3. The molecule has 2 heterocycles. The highest BCUT2D eigenvalue weighted by Crippen LogP contribution is 2.27. The quantitative estimate of drug-likeness (QED) is 0.337. The van der Waals surface area contributed by atoms with Crippen LogP contribution in [0, 0.1) is 0 Å². The van der Waals surface area contributed by atoms with Gasteiger partial charge < -0.3 is 15.0 Å². The monoisotopic (exact) mass is 578 g/mol. The lowest BCUT2D eigenvalue weighted by Gasteiger charge is -2.35. The summed E-state index contributed by atoms with van der Waals surface area (Å²) in [5, 5.41) is 3.18. The van der Waals surface area contributed by atoms with E-state index in [2.05, 4.69) is 10.2 Å². The molecule has 1 unspecified atom stereocenters. The molecule has 1 fully saturated rings. The highest BCUT2D eigenvalue weighted by atomic mass is 35.5. The van der Waals surface area contributed by atoms with Crippen molar-refractivity contribution in [2.24, 2.45) is 0 Å². The molecule has 5 rings (SSSR count). The Morgan fingerprint density at radius 3 is 2.52 bits per heavy atom. The van der Waals surface area contributed by atoms with Gasteiger partial charge in [-0.05, 0) is 47.0 Å². The molecule has 0 spiro atoms. The van der Waals surface area contributed by atoms with Gasteiger partial charge in [0.1, 0.15) is 6.54 Å². The molecule has 4 aromatic rings. The van der Waals surface area contributed by atoms with E-state index in [1.165, 1.54) is 4.57 Å². The summed E-state index contributed by atoms with van der Waals surface area (Å²) in [6.45, 7) is 3.46. The lowest BCUT2D eigenvalue weighted by Crippen LogP contribution is -2.44. The number of hydrogen-bond donors (Lipinski definition) is 1. The number of nitrogens with zero attached hydrogens (tertiary/aromatic N) is 3. The van der Waals surface area contributed by atoms with Crippen LogP contribution >= 0.6 is 22.9 Å². The zero-order chi connectivity index (χ0) is 28.2. The molecule has 1 aliphatic rings. The third-order valence-electron chi connectivity index (χ3n) is 7.30. The van der Waals surface area contributed by atoms with Gasteiger partial charge in [-0.1, -0.05) is 59.3 Å². The normalized spacial score (nSPS) is 14.7. The summed E-state index contributed by atoms with van der Waals surface area (Å²) >= 11 is 7.29. The molecule has 10 heteroatoms. The van der Waals surface area contributed by atoms with Crippen molar-refractivity contribution in [3.8, 4) is 11.1 Å². The fraction of sp³-hybridized carbons (Fsp3) is 0.300. The maximum absolute atomic E-state index is 13.6. The largest absolute Gasteiger partial charge is 0.379 e. The van der Waals surface area contributed by atoms with E-state index < -0.39 is 0 Å². The molecule has 0 saturated carbocycles. The minimum absolute atomic E-state index is 0.0698. The van der Waals surface area contributed by atoms with Crippen LogP contribution in [0.4, 0.5) is 0 Å². The van der Waals surface area contributed by atoms with Crippen molar-refractivity contribution in [3.05, 3.63) is 92.5 Å². The number of ether oxygens (including phenoxy) is 1. The molecule has 1 aromatic heterocycles. The average molecular weight is 579 g/mol. The first-order valence-corrected chi connectivity index (χ1v) is 14.3. The van der Waals surface area contributed by atoms with Crippen LogP contribution in [0.3, 0.4) is 0 Å². The van der Waals surface area contributed by atoms with Gasteiger partial charge >= 0.3 is 4.87 Å². The lowest BCUT2D eigenvalue weighted by atomic mass is 9.98. The Kier molecular flexibility index (Phi) is 8.66. The number of rotatable bonds is 8. The highest BCUT2D eigenvalue weighted by molar-refractivity contribution is 7.16. The first kappa shape index (κ1) is 28.0. The number of nitrogens with one attached hydrogen (secondary N) is 1. The molecule has 2 amide bonds. The molecule has 0 radical (unpaired) electrons. The van der Waals surface area contributed by atoms with Crippen molar-refractivity contribution in [2.75, 3.05) is 46.9 Å². The van der Waals surface area contributed by atoms with Gasteiger partial charge in [0, 0.05) is 44.3 Å². The van der Waals surface area contributed by atoms with Gasteiger partial charge in [0.15, 0.2) is 0 Å². The van der Waals surface area contributed by atoms with Crippen LogP contribution in [0.15, 0.2) is 71.5 Å². The first-order chi connectivity index (χ1) is 19.3. The minimum Gasteiger partial charge on any atom is -0.379 e. The number of thiazole rings is 1. The van der Waals surface area contributed by atoms with Crippen LogP contribution in [0.25, 0.3) is 21.3 Å². The molecule has 1 aliphatic heterocycles. The Labute approximate surface area is 241 Å². The third kappa shape index (κ3) is 6.13. The Hall–Kier alpha value is -3.50. The summed E-state index contributed by atoms with van der Waals surface area (Å²) in [5.74, 6) is -0.300. The molecule has 8 nitrogen and oxygen atoms in total. The SMILES string of the molecule is CNC(=O)c1cccc(-c2ccc(C(CN3CCOCC3)N(C)C(=O)Cn3c(=O)sc4ccc(Cl)cc43)cc2)c1. The Morgan fingerprint density at radius 2 is 1.80 bits per heavy atom. The predicted molar refractivity (Wildman–Crippen MR) is 159 cm³/mol. The van der Waals surface area contributed by atoms with Gasteiger partial charge in [-0.15, -0.1) is 0 Å². The number of carbonyl (C=O) groups is 2. The van der Waals surface area contributed by atoms with Crippen LogP contribution < -0.4 is 10.2 Å². The number of hydrogen-bond acceptors (Lipinski definition) is 6. The smallest absolute Gasteiger partial charge is 0.308 e. The molecular weight excluding hydrogens is 548 g/mol. The van der Waals surface area contributed by atoms with Crippen LogP contribution in [0.5, 0.6) is 0 Å². The molecule has 0 bridgehead atoms. The Morgan fingerprint density at radius 1 is 1.05 bits per heavy atom. The topological polar surface area (TPSA) is 83.9 Å². The van der Waals surface area contributed by atoms with Crippen molar-refractivity contribution in [2.45, 2.75) is 12.6 Å². The second kappa shape index (κ2) is 12.3. The second-order valence-corrected chi connectivity index (χ2v) is 11.2. The fourth-order valence-electron chi connectivity index (χ4n) is 4.97. The highest BCUT2D eigenvalue weighted by Gasteiger charge is 2.26. The van der Waals surface area contributed by atoms with E-state index in [0.29, 0.717) is 35.9 Å². The van der Waals surface area contributed by atoms with Gasteiger partial charge in [0.2, 0.25) is 5.91 Å². The molecule has 1 atom stereocenters. The van der Waals surface area contributed by atoms with Gasteiger partial charge in [-0.25, -0.2) is 0 Å². The maximum Gasteiger partial charge on any atom is 0.308 e. The molecule has 1 N–H and O–H groups in total. The number of aromatic nitrogens is 1. The fourth-order valence-corrected chi connectivity index (χ4v) is 6.00. The van der Waals surface area contributed by atoms with E-state index in [-0.39, 0.29) is 29.3 Å². The standard InChI is InChI=1S/C30H31ClN4O4S/c1-32-29(37)23-5-3-4-22(16-23)20-6-8-21(9-7-20)26(18-34-12-14-39-15-13-34)33(2)28(36)19-35-25-17-24(31)10-11-27(25)40-30(35)38/h3-11,16-17,26H,12-15,18-19H2,1-2H3,(H,32,37). The first-order valence-electron chi connectivity index (χ1n) is 13.1. The molecular formula is C30H31ClN4O4S. The molecule has 0 aliphatic carbocycles. The summed E-state index contributed by atoms with van der Waals surface area (Å²) in [6, 6.07) is 20.6. The number of likely N-dealkylation sites (N-methyl/N-ethyl adjacent to an activating group) is 1. The van der Waals surface area contributed by atoms with Crippen molar-refractivity contribution >= 4 is 45.0 Å². The number of halogens is 1. The molecule has 3 aromatic carbocycles. The number of benzene rings is 3. The second-order valence-electron chi connectivity index (χ2n) is 9.78. The summed E-state index contributed by atoms with van der Waals surface area (Å²) in [6.07, 6.45) is 0. The number of carbonyl (C=O) groups excluding carboxylic acids is 2. The average Bonchev–Trinajstić information content (AvgIpc) is 3.29. The number of amides is 2.